The van der Waals surface area contributed by atoms with E-state index in [4.69, 9.17) is 4.74 Å². The lowest BCUT2D eigenvalue weighted by Gasteiger charge is -2.37. The van der Waals surface area contributed by atoms with Crippen LogP contribution in [0, 0.1) is 6.92 Å². The Labute approximate surface area is 165 Å². The monoisotopic (exact) mass is 384 g/mol. The largest absolute Gasteiger partial charge is 0.369 e. The van der Waals surface area contributed by atoms with Gasteiger partial charge in [-0.05, 0) is 24.6 Å². The number of benzene rings is 1. The molecule has 5 rings (SSSR count). The molecule has 0 N–H and O–H groups in total. The lowest BCUT2D eigenvalue weighted by Crippen LogP contribution is -2.53. The Kier molecular flexibility index (Phi) is 4.32. The van der Waals surface area contributed by atoms with Gasteiger partial charge in [-0.25, -0.2) is 0 Å². The summed E-state index contributed by atoms with van der Waals surface area (Å²) in [5.41, 5.74) is 2.00. The third-order valence-corrected chi connectivity index (χ3v) is 6.82. The van der Waals surface area contributed by atoms with Crippen molar-refractivity contribution in [2.24, 2.45) is 0 Å². The number of aryl methyl sites for hydroxylation is 1. The highest BCUT2D eigenvalue weighted by Gasteiger charge is 2.62. The number of carbonyl (C=O) groups excluding carboxylic acids is 2. The fourth-order valence-corrected chi connectivity index (χ4v) is 5.36. The molecule has 1 aromatic carbocycles. The fraction of sp³-hybridized carbons (Fsp3) is 0.619. The average molecular weight is 384 g/mol. The summed E-state index contributed by atoms with van der Waals surface area (Å²) in [4.78, 5) is 33.7. The normalized spacial score (nSPS) is 30.1. The van der Waals surface area contributed by atoms with Crippen LogP contribution in [0.2, 0.25) is 0 Å². The van der Waals surface area contributed by atoms with Crippen LogP contribution in [0.4, 0.5) is 5.69 Å². The quantitative estimate of drug-likeness (QED) is 0.767. The van der Waals surface area contributed by atoms with Crippen molar-refractivity contribution in [1.29, 1.82) is 0 Å². The SMILES string of the molecule is Cc1cccc(N2CCN(CC(=O)N3CC[C@@]45OCCN4C(=O)C[C@@H]35)CC2)c1. The van der Waals surface area contributed by atoms with Crippen LogP contribution in [0.25, 0.3) is 0 Å². The van der Waals surface area contributed by atoms with Crippen molar-refractivity contribution >= 4 is 17.5 Å². The van der Waals surface area contributed by atoms with E-state index >= 15 is 0 Å². The third kappa shape index (κ3) is 2.79. The standard InChI is InChI=1S/C21H28N4O3/c1-16-3-2-4-17(13-16)23-9-7-22(8-10-23)15-20(27)24-6-5-21-18(24)14-19(26)25(21)11-12-28-21/h2-4,13,18H,5-12,14-15H2,1H3/t18-,21+/m1/s1. The molecule has 150 valence electrons. The van der Waals surface area contributed by atoms with Crippen molar-refractivity contribution in [3.05, 3.63) is 29.8 Å². The molecule has 4 aliphatic rings. The van der Waals surface area contributed by atoms with Gasteiger partial charge in [0.05, 0.1) is 25.6 Å². The summed E-state index contributed by atoms with van der Waals surface area (Å²) in [6.45, 7) is 8.11. The molecule has 28 heavy (non-hydrogen) atoms. The van der Waals surface area contributed by atoms with Crippen LogP contribution in [0.1, 0.15) is 18.4 Å². The molecule has 0 aliphatic carbocycles. The number of hydrogen-bond donors (Lipinski definition) is 0. The molecule has 0 unspecified atom stereocenters. The first-order chi connectivity index (χ1) is 13.6. The Hall–Kier alpha value is -2.12. The molecule has 0 radical (unpaired) electrons. The van der Waals surface area contributed by atoms with E-state index < -0.39 is 5.72 Å². The van der Waals surface area contributed by atoms with Gasteiger partial charge in [0.25, 0.3) is 0 Å². The van der Waals surface area contributed by atoms with E-state index in [2.05, 4.69) is 41.0 Å². The summed E-state index contributed by atoms with van der Waals surface area (Å²) >= 11 is 0. The number of nitrogens with zero attached hydrogens (tertiary/aromatic N) is 4. The van der Waals surface area contributed by atoms with Crippen molar-refractivity contribution in [1.82, 2.24) is 14.7 Å². The number of likely N-dealkylation sites (tertiary alicyclic amines) is 1. The van der Waals surface area contributed by atoms with E-state index in [1.165, 1.54) is 11.3 Å². The molecule has 1 spiro atoms. The maximum atomic E-state index is 13.0. The summed E-state index contributed by atoms with van der Waals surface area (Å²) in [6.07, 6.45) is 1.16. The van der Waals surface area contributed by atoms with Gasteiger partial charge in [0.15, 0.2) is 5.72 Å². The van der Waals surface area contributed by atoms with Crippen LogP contribution in [-0.2, 0) is 14.3 Å². The molecule has 0 bridgehead atoms. The number of amides is 2. The molecular formula is C21H28N4O3. The Morgan fingerprint density at radius 2 is 2.00 bits per heavy atom. The van der Waals surface area contributed by atoms with Gasteiger partial charge in [0.1, 0.15) is 0 Å². The van der Waals surface area contributed by atoms with Gasteiger partial charge in [0, 0.05) is 51.4 Å². The number of carbonyl (C=O) groups is 2. The number of rotatable bonds is 3. The van der Waals surface area contributed by atoms with Gasteiger partial charge in [-0.3, -0.25) is 14.5 Å². The third-order valence-electron chi connectivity index (χ3n) is 6.82. The van der Waals surface area contributed by atoms with Crippen molar-refractivity contribution in [2.45, 2.75) is 31.5 Å². The van der Waals surface area contributed by atoms with Gasteiger partial charge >= 0.3 is 0 Å². The molecule has 4 aliphatic heterocycles. The van der Waals surface area contributed by atoms with E-state index in [0.29, 0.717) is 32.7 Å². The van der Waals surface area contributed by atoms with Gasteiger partial charge < -0.3 is 19.4 Å². The van der Waals surface area contributed by atoms with E-state index in [9.17, 15) is 9.59 Å². The Morgan fingerprint density at radius 3 is 2.79 bits per heavy atom. The van der Waals surface area contributed by atoms with Crippen molar-refractivity contribution in [3.8, 4) is 0 Å². The molecule has 7 nitrogen and oxygen atoms in total. The maximum Gasteiger partial charge on any atom is 0.237 e. The number of piperazine rings is 1. The Bertz CT molecular complexity index is 792. The highest BCUT2D eigenvalue weighted by atomic mass is 16.5. The van der Waals surface area contributed by atoms with E-state index in [0.717, 1.165) is 32.6 Å². The molecule has 4 fully saturated rings. The first kappa shape index (κ1) is 17.9. The summed E-state index contributed by atoms with van der Waals surface area (Å²) in [6, 6.07) is 8.48. The highest BCUT2D eigenvalue weighted by molar-refractivity contribution is 5.85. The summed E-state index contributed by atoms with van der Waals surface area (Å²) in [5.74, 6) is 0.266. The lowest BCUT2D eigenvalue weighted by atomic mass is 10.1. The Balaban J connectivity index is 1.19. The zero-order chi connectivity index (χ0) is 19.3. The summed E-state index contributed by atoms with van der Waals surface area (Å²) in [5, 5.41) is 0. The predicted molar refractivity (Wildman–Crippen MR) is 105 cm³/mol. The maximum absolute atomic E-state index is 13.0. The molecule has 4 saturated heterocycles. The van der Waals surface area contributed by atoms with Crippen LogP contribution >= 0.6 is 0 Å². The van der Waals surface area contributed by atoms with Crippen LogP contribution in [0.15, 0.2) is 24.3 Å². The van der Waals surface area contributed by atoms with Crippen LogP contribution < -0.4 is 4.90 Å². The molecule has 2 atom stereocenters. The molecule has 0 aromatic heterocycles. The molecule has 2 amide bonds. The second-order valence-corrected chi connectivity index (χ2v) is 8.40. The fourth-order valence-electron chi connectivity index (χ4n) is 5.36. The van der Waals surface area contributed by atoms with Gasteiger partial charge in [-0.1, -0.05) is 12.1 Å². The average Bonchev–Trinajstić information content (AvgIpc) is 3.33. The lowest BCUT2D eigenvalue weighted by molar-refractivity contribution is -0.140. The zero-order valence-corrected chi connectivity index (χ0v) is 16.5. The number of anilines is 1. The topological polar surface area (TPSA) is 56.3 Å². The minimum Gasteiger partial charge on any atom is -0.369 e. The second-order valence-electron chi connectivity index (χ2n) is 8.40. The molecule has 4 heterocycles. The molecule has 0 saturated carbocycles. The van der Waals surface area contributed by atoms with Crippen LogP contribution in [0.5, 0.6) is 0 Å². The minimum atomic E-state index is -0.531. The van der Waals surface area contributed by atoms with E-state index in [1.807, 2.05) is 9.80 Å². The van der Waals surface area contributed by atoms with Crippen molar-refractivity contribution < 1.29 is 14.3 Å². The van der Waals surface area contributed by atoms with Crippen molar-refractivity contribution in [3.63, 3.8) is 0 Å². The van der Waals surface area contributed by atoms with Gasteiger partial charge in [-0.2, -0.15) is 0 Å². The first-order valence-corrected chi connectivity index (χ1v) is 10.3. The minimum absolute atomic E-state index is 0.108. The summed E-state index contributed by atoms with van der Waals surface area (Å²) in [7, 11) is 0. The smallest absolute Gasteiger partial charge is 0.237 e. The van der Waals surface area contributed by atoms with E-state index in [-0.39, 0.29) is 17.9 Å². The van der Waals surface area contributed by atoms with Gasteiger partial charge in [-0.15, -0.1) is 0 Å². The highest BCUT2D eigenvalue weighted by Crippen LogP contribution is 2.45. The second kappa shape index (κ2) is 6.74. The predicted octanol–water partition coefficient (Wildman–Crippen LogP) is 0.677. The van der Waals surface area contributed by atoms with Crippen LogP contribution in [0.3, 0.4) is 0 Å². The molecular weight excluding hydrogens is 356 g/mol. The first-order valence-electron chi connectivity index (χ1n) is 10.3. The molecule has 1 aromatic rings. The molecule has 7 heteroatoms. The Morgan fingerprint density at radius 1 is 1.18 bits per heavy atom. The zero-order valence-electron chi connectivity index (χ0n) is 16.5. The van der Waals surface area contributed by atoms with Gasteiger partial charge in [0.2, 0.25) is 11.8 Å². The summed E-state index contributed by atoms with van der Waals surface area (Å²) < 4.78 is 5.99. The number of hydrogen-bond acceptors (Lipinski definition) is 5. The van der Waals surface area contributed by atoms with Crippen LogP contribution in [-0.4, -0.2) is 90.7 Å². The van der Waals surface area contributed by atoms with E-state index in [1.54, 1.807) is 0 Å². The number of ether oxygens (including phenoxy) is 1. The van der Waals surface area contributed by atoms with Crippen molar-refractivity contribution in [2.75, 3.05) is 57.3 Å².